The third-order valence-electron chi connectivity index (χ3n) is 3.60. The summed E-state index contributed by atoms with van der Waals surface area (Å²) in [5.74, 6) is 0.182. The Labute approximate surface area is 133 Å². The lowest BCUT2D eigenvalue weighted by Gasteiger charge is -2.20. The average molecular weight is 314 g/mol. The van der Waals surface area contributed by atoms with Gasteiger partial charge in [0.1, 0.15) is 0 Å². The summed E-state index contributed by atoms with van der Waals surface area (Å²) in [6.07, 6.45) is 1.43. The van der Waals surface area contributed by atoms with Crippen LogP contribution in [0, 0.1) is 6.92 Å². The third kappa shape index (κ3) is 3.50. The molecule has 7 heteroatoms. The molecule has 0 bridgehead atoms. The molecule has 0 saturated carbocycles. The number of amides is 2. The van der Waals surface area contributed by atoms with Crippen molar-refractivity contribution in [3.63, 3.8) is 0 Å². The summed E-state index contributed by atoms with van der Waals surface area (Å²) in [6, 6.07) is 9.12. The zero-order valence-corrected chi connectivity index (χ0v) is 12.8. The first-order chi connectivity index (χ1) is 11.1. The van der Waals surface area contributed by atoms with E-state index in [0.29, 0.717) is 24.5 Å². The molecule has 2 N–H and O–H groups in total. The van der Waals surface area contributed by atoms with Crippen LogP contribution in [0.3, 0.4) is 0 Å². The lowest BCUT2D eigenvalue weighted by molar-refractivity contribution is -0.117. The molecule has 1 aliphatic rings. The first-order valence-electron chi connectivity index (χ1n) is 7.50. The maximum absolute atomic E-state index is 12.0. The number of nitrogens with zero attached hydrogens (tertiary/aromatic N) is 2. The van der Waals surface area contributed by atoms with Crippen molar-refractivity contribution >= 4 is 29.1 Å². The second-order valence-electron chi connectivity index (χ2n) is 5.40. The van der Waals surface area contributed by atoms with Crippen LogP contribution in [-0.4, -0.2) is 30.1 Å². The Hall–Kier alpha value is -2.83. The topological polar surface area (TPSA) is 87.5 Å². The molecule has 3 rings (SSSR count). The standard InChI is InChI=1S/C16H18N4O3/c1-11-9-15(23-19-11)18-14(21)10-17-12-5-2-3-6-13(12)20-8-4-7-16(20)22/h2-3,5-6,9,17H,4,7-8,10H2,1H3,(H,18,21). The minimum Gasteiger partial charge on any atom is -0.374 e. The SMILES string of the molecule is Cc1cc(NC(=O)CNc2ccccc2N2CCCC2=O)on1. The normalized spacial score (nSPS) is 14.1. The molecule has 120 valence electrons. The lowest BCUT2D eigenvalue weighted by Crippen LogP contribution is -2.26. The maximum Gasteiger partial charge on any atom is 0.246 e. The zero-order valence-electron chi connectivity index (χ0n) is 12.8. The highest BCUT2D eigenvalue weighted by Gasteiger charge is 2.23. The summed E-state index contributed by atoms with van der Waals surface area (Å²) in [7, 11) is 0. The van der Waals surface area contributed by atoms with Gasteiger partial charge in [0.2, 0.25) is 17.7 Å². The van der Waals surface area contributed by atoms with Gasteiger partial charge in [0, 0.05) is 19.0 Å². The van der Waals surface area contributed by atoms with Crippen molar-refractivity contribution in [2.45, 2.75) is 19.8 Å². The second kappa shape index (κ2) is 6.51. The van der Waals surface area contributed by atoms with E-state index in [1.807, 2.05) is 24.3 Å². The van der Waals surface area contributed by atoms with Gasteiger partial charge in [0.15, 0.2) is 0 Å². The van der Waals surface area contributed by atoms with Gasteiger partial charge in [-0.3, -0.25) is 14.9 Å². The minimum atomic E-state index is -0.247. The molecule has 2 amide bonds. The number of para-hydroxylation sites is 2. The second-order valence-corrected chi connectivity index (χ2v) is 5.40. The smallest absolute Gasteiger partial charge is 0.246 e. The first kappa shape index (κ1) is 15.1. The van der Waals surface area contributed by atoms with Crippen molar-refractivity contribution < 1.29 is 14.1 Å². The summed E-state index contributed by atoms with van der Waals surface area (Å²) in [4.78, 5) is 25.6. The van der Waals surface area contributed by atoms with E-state index in [0.717, 1.165) is 17.8 Å². The fraction of sp³-hybridized carbons (Fsp3) is 0.312. The van der Waals surface area contributed by atoms with E-state index in [1.165, 1.54) is 0 Å². The van der Waals surface area contributed by atoms with Crippen molar-refractivity contribution in [1.29, 1.82) is 0 Å². The van der Waals surface area contributed by atoms with Crippen molar-refractivity contribution in [1.82, 2.24) is 5.16 Å². The van der Waals surface area contributed by atoms with Crippen LogP contribution in [0.2, 0.25) is 0 Å². The summed E-state index contributed by atoms with van der Waals surface area (Å²) in [5, 5.41) is 9.40. The summed E-state index contributed by atoms with van der Waals surface area (Å²) >= 11 is 0. The van der Waals surface area contributed by atoms with Gasteiger partial charge in [-0.2, -0.15) is 0 Å². The molecule has 2 heterocycles. The number of aryl methyl sites for hydroxylation is 1. The van der Waals surface area contributed by atoms with Crippen LogP contribution >= 0.6 is 0 Å². The molecular weight excluding hydrogens is 296 g/mol. The van der Waals surface area contributed by atoms with Crippen LogP contribution in [0.25, 0.3) is 0 Å². The van der Waals surface area contributed by atoms with E-state index in [4.69, 9.17) is 4.52 Å². The van der Waals surface area contributed by atoms with Crippen LogP contribution in [0.4, 0.5) is 17.3 Å². The highest BCUT2D eigenvalue weighted by Crippen LogP contribution is 2.29. The van der Waals surface area contributed by atoms with E-state index >= 15 is 0 Å². The molecule has 1 aliphatic heterocycles. The molecule has 0 unspecified atom stereocenters. The van der Waals surface area contributed by atoms with Gasteiger partial charge >= 0.3 is 0 Å². The average Bonchev–Trinajstić information content (AvgIpc) is 3.14. The quantitative estimate of drug-likeness (QED) is 0.883. The monoisotopic (exact) mass is 314 g/mol. The van der Waals surface area contributed by atoms with Crippen LogP contribution in [0.15, 0.2) is 34.9 Å². The van der Waals surface area contributed by atoms with Crippen molar-refractivity contribution in [2.75, 3.05) is 28.6 Å². The van der Waals surface area contributed by atoms with Gasteiger partial charge in [0.25, 0.3) is 0 Å². The Morgan fingerprint density at radius 1 is 1.39 bits per heavy atom. The number of hydrogen-bond donors (Lipinski definition) is 2. The summed E-state index contributed by atoms with van der Waals surface area (Å²) in [5.41, 5.74) is 2.26. The Balaban J connectivity index is 1.64. The van der Waals surface area contributed by atoms with Crippen molar-refractivity contribution in [3.05, 3.63) is 36.0 Å². The van der Waals surface area contributed by atoms with Gasteiger partial charge in [-0.1, -0.05) is 17.3 Å². The molecule has 1 aromatic carbocycles. The Bertz CT molecular complexity index is 726. The number of nitrogens with one attached hydrogen (secondary N) is 2. The molecule has 0 radical (unpaired) electrons. The van der Waals surface area contributed by atoms with Gasteiger partial charge in [-0.15, -0.1) is 0 Å². The number of hydrogen-bond acceptors (Lipinski definition) is 5. The van der Waals surface area contributed by atoms with Crippen LogP contribution < -0.4 is 15.5 Å². The largest absolute Gasteiger partial charge is 0.374 e. The highest BCUT2D eigenvalue weighted by molar-refractivity contribution is 5.99. The number of rotatable bonds is 5. The summed E-state index contributed by atoms with van der Waals surface area (Å²) in [6.45, 7) is 2.56. The predicted octanol–water partition coefficient (Wildman–Crippen LogP) is 2.16. The molecule has 7 nitrogen and oxygen atoms in total. The van der Waals surface area contributed by atoms with Crippen LogP contribution in [0.5, 0.6) is 0 Å². The van der Waals surface area contributed by atoms with Crippen LogP contribution in [0.1, 0.15) is 18.5 Å². The number of aromatic nitrogens is 1. The van der Waals surface area contributed by atoms with E-state index in [-0.39, 0.29) is 18.4 Å². The zero-order chi connectivity index (χ0) is 16.2. The van der Waals surface area contributed by atoms with Gasteiger partial charge in [-0.05, 0) is 25.5 Å². The summed E-state index contributed by atoms with van der Waals surface area (Å²) < 4.78 is 4.94. The Kier molecular flexibility index (Phi) is 4.27. The Morgan fingerprint density at radius 3 is 2.91 bits per heavy atom. The molecule has 1 fully saturated rings. The molecule has 0 aliphatic carbocycles. The minimum absolute atomic E-state index is 0.0682. The number of anilines is 3. The van der Waals surface area contributed by atoms with Gasteiger partial charge < -0.3 is 14.7 Å². The van der Waals surface area contributed by atoms with Gasteiger partial charge in [0.05, 0.1) is 23.6 Å². The first-order valence-corrected chi connectivity index (χ1v) is 7.50. The van der Waals surface area contributed by atoms with Crippen molar-refractivity contribution in [3.8, 4) is 0 Å². The van der Waals surface area contributed by atoms with Gasteiger partial charge in [-0.25, -0.2) is 0 Å². The number of benzene rings is 1. The maximum atomic E-state index is 12.0. The molecule has 2 aromatic rings. The number of carbonyl (C=O) groups is 2. The van der Waals surface area contributed by atoms with E-state index < -0.39 is 0 Å². The molecule has 23 heavy (non-hydrogen) atoms. The fourth-order valence-electron chi connectivity index (χ4n) is 2.54. The Morgan fingerprint density at radius 2 is 2.22 bits per heavy atom. The fourth-order valence-corrected chi connectivity index (χ4v) is 2.54. The molecule has 1 aromatic heterocycles. The van der Waals surface area contributed by atoms with E-state index in [9.17, 15) is 9.59 Å². The highest BCUT2D eigenvalue weighted by atomic mass is 16.5. The van der Waals surface area contributed by atoms with Crippen molar-refractivity contribution in [2.24, 2.45) is 0 Å². The molecule has 0 atom stereocenters. The third-order valence-corrected chi connectivity index (χ3v) is 3.60. The van der Waals surface area contributed by atoms with Crippen LogP contribution in [-0.2, 0) is 9.59 Å². The predicted molar refractivity (Wildman–Crippen MR) is 86.4 cm³/mol. The number of carbonyl (C=O) groups excluding carboxylic acids is 2. The lowest BCUT2D eigenvalue weighted by atomic mass is 10.2. The molecule has 1 saturated heterocycles. The van der Waals surface area contributed by atoms with E-state index in [1.54, 1.807) is 17.9 Å². The molecular formula is C16H18N4O3. The van der Waals surface area contributed by atoms with E-state index in [2.05, 4.69) is 15.8 Å². The molecule has 0 spiro atoms.